The largest absolute Gasteiger partial charge is 0.300 e. The first-order chi connectivity index (χ1) is 10.1. The average Bonchev–Trinajstić information content (AvgIpc) is 2.46. The van der Waals surface area contributed by atoms with Gasteiger partial charge in [0.15, 0.2) is 5.78 Å². The molecule has 2 heterocycles. The smallest absolute Gasteiger partial charge is 0.166 e. The molecule has 1 aromatic rings. The van der Waals surface area contributed by atoms with Crippen LogP contribution in [-0.4, -0.2) is 29.8 Å². The van der Waals surface area contributed by atoms with Gasteiger partial charge in [0.05, 0.1) is 5.56 Å². The summed E-state index contributed by atoms with van der Waals surface area (Å²) in [6.45, 7) is 0. The summed E-state index contributed by atoms with van der Waals surface area (Å²) in [6.07, 6.45) is 5.28. The molecular formula is C17H19FN2O. The second kappa shape index (κ2) is 5.57. The van der Waals surface area contributed by atoms with Crippen molar-refractivity contribution in [2.24, 2.45) is 5.92 Å². The molecule has 0 saturated carbocycles. The Morgan fingerprint density at radius 3 is 2.57 bits per heavy atom. The maximum absolute atomic E-state index is 13.7. The van der Waals surface area contributed by atoms with E-state index in [2.05, 4.69) is 11.9 Å². The Bertz CT molecular complexity index is 593. The molecule has 0 aliphatic carbocycles. The van der Waals surface area contributed by atoms with Crippen LogP contribution in [0.1, 0.15) is 48.0 Å². The molecule has 0 aromatic heterocycles. The summed E-state index contributed by atoms with van der Waals surface area (Å²) in [5, 5.41) is 8.75. The Hall–Kier alpha value is -1.73. The lowest BCUT2D eigenvalue weighted by molar-refractivity contribution is 0.0338. The number of halogens is 1. The Balaban J connectivity index is 1.80. The second-order valence-electron chi connectivity index (χ2n) is 6.24. The van der Waals surface area contributed by atoms with Gasteiger partial charge < -0.3 is 4.90 Å². The Morgan fingerprint density at radius 2 is 2.00 bits per heavy atom. The molecule has 2 fully saturated rings. The van der Waals surface area contributed by atoms with E-state index in [1.54, 1.807) is 12.1 Å². The van der Waals surface area contributed by atoms with Gasteiger partial charge in [0, 0.05) is 23.6 Å². The molecule has 0 amide bonds. The van der Waals surface area contributed by atoms with E-state index in [4.69, 9.17) is 5.26 Å². The van der Waals surface area contributed by atoms with Gasteiger partial charge >= 0.3 is 0 Å². The highest BCUT2D eigenvalue weighted by Gasteiger charge is 2.38. The highest BCUT2D eigenvalue weighted by Crippen LogP contribution is 2.37. The quantitative estimate of drug-likeness (QED) is 0.784. The fraction of sp³-hybridized carbons (Fsp3) is 0.529. The Labute approximate surface area is 124 Å². The summed E-state index contributed by atoms with van der Waals surface area (Å²) in [5.41, 5.74) is 0.394. The van der Waals surface area contributed by atoms with Crippen molar-refractivity contribution >= 4 is 5.78 Å². The summed E-state index contributed by atoms with van der Waals surface area (Å²) in [6, 6.07) is 6.95. The van der Waals surface area contributed by atoms with E-state index >= 15 is 0 Å². The van der Waals surface area contributed by atoms with E-state index in [-0.39, 0.29) is 17.3 Å². The van der Waals surface area contributed by atoms with Crippen LogP contribution in [0.5, 0.6) is 0 Å². The van der Waals surface area contributed by atoms with Crippen LogP contribution in [0.2, 0.25) is 0 Å². The van der Waals surface area contributed by atoms with E-state index in [1.165, 1.54) is 18.6 Å². The van der Waals surface area contributed by atoms with Crippen LogP contribution >= 0.6 is 0 Å². The summed E-state index contributed by atoms with van der Waals surface area (Å²) in [4.78, 5) is 15.0. The number of fused-ring (bicyclic) bond motifs is 2. The number of nitrogens with zero attached hydrogens (tertiary/aromatic N) is 2. The monoisotopic (exact) mass is 286 g/mol. The van der Waals surface area contributed by atoms with Crippen LogP contribution in [0.25, 0.3) is 0 Å². The van der Waals surface area contributed by atoms with E-state index < -0.39 is 5.82 Å². The van der Waals surface area contributed by atoms with Crippen LogP contribution in [0.15, 0.2) is 18.2 Å². The predicted molar refractivity (Wildman–Crippen MR) is 77.4 cm³/mol. The zero-order chi connectivity index (χ0) is 15.0. The summed E-state index contributed by atoms with van der Waals surface area (Å²) < 4.78 is 13.7. The van der Waals surface area contributed by atoms with Gasteiger partial charge in [-0.05, 0) is 50.9 Å². The number of carbonyl (C=O) groups excluding carboxylic acids is 1. The number of nitriles is 1. The highest BCUT2D eigenvalue weighted by atomic mass is 19.1. The molecular weight excluding hydrogens is 267 g/mol. The molecule has 0 N–H and O–H groups in total. The molecule has 0 radical (unpaired) electrons. The van der Waals surface area contributed by atoms with Crippen molar-refractivity contribution in [3.05, 3.63) is 35.1 Å². The molecule has 3 rings (SSSR count). The first-order valence-electron chi connectivity index (χ1n) is 7.56. The van der Waals surface area contributed by atoms with Crippen molar-refractivity contribution in [1.82, 2.24) is 4.90 Å². The van der Waals surface area contributed by atoms with Gasteiger partial charge in [-0.25, -0.2) is 4.39 Å². The highest BCUT2D eigenvalue weighted by molar-refractivity contribution is 5.98. The fourth-order valence-electron chi connectivity index (χ4n) is 3.82. The number of carbonyl (C=O) groups is 1. The zero-order valence-electron chi connectivity index (χ0n) is 12.2. The molecule has 0 spiro atoms. The lowest BCUT2D eigenvalue weighted by Gasteiger charge is -2.46. The maximum Gasteiger partial charge on any atom is 0.166 e. The van der Waals surface area contributed by atoms with Crippen molar-refractivity contribution in [2.75, 3.05) is 7.05 Å². The number of hydrogen-bond donors (Lipinski definition) is 0. The standard InChI is InChI=1S/C17H19FN2O/c1-20-14-3-2-4-15(20)8-13(7-14)17(21)11-5-6-12(10-19)16(18)9-11/h5-6,9,13-15H,2-4,7-8H2,1H3. The number of piperidine rings is 2. The molecule has 1 aromatic carbocycles. The van der Waals surface area contributed by atoms with Crippen molar-refractivity contribution in [3.8, 4) is 6.07 Å². The van der Waals surface area contributed by atoms with Gasteiger partial charge in [-0.2, -0.15) is 5.26 Å². The SMILES string of the molecule is CN1C2CCCC1CC(C(=O)c1ccc(C#N)c(F)c1)C2. The van der Waals surface area contributed by atoms with Crippen LogP contribution in [0, 0.1) is 23.1 Å². The number of benzene rings is 1. The molecule has 2 aliphatic rings. The van der Waals surface area contributed by atoms with Gasteiger partial charge in [-0.15, -0.1) is 0 Å². The Kier molecular flexibility index (Phi) is 3.77. The van der Waals surface area contributed by atoms with Gasteiger partial charge in [0.1, 0.15) is 11.9 Å². The summed E-state index contributed by atoms with van der Waals surface area (Å²) in [7, 11) is 2.15. The topological polar surface area (TPSA) is 44.1 Å². The van der Waals surface area contributed by atoms with Crippen molar-refractivity contribution in [2.45, 2.75) is 44.2 Å². The van der Waals surface area contributed by atoms with Crippen LogP contribution < -0.4 is 0 Å². The molecule has 21 heavy (non-hydrogen) atoms. The number of ketones is 1. The molecule has 2 saturated heterocycles. The minimum absolute atomic E-state index is 0.00760. The molecule has 4 heteroatoms. The van der Waals surface area contributed by atoms with Crippen molar-refractivity contribution in [1.29, 1.82) is 5.26 Å². The van der Waals surface area contributed by atoms with Crippen molar-refractivity contribution < 1.29 is 9.18 Å². The van der Waals surface area contributed by atoms with Crippen LogP contribution in [0.3, 0.4) is 0 Å². The van der Waals surface area contributed by atoms with E-state index in [0.717, 1.165) is 25.7 Å². The molecule has 2 aliphatic heterocycles. The first-order valence-corrected chi connectivity index (χ1v) is 7.56. The van der Waals surface area contributed by atoms with Gasteiger partial charge in [0.2, 0.25) is 0 Å². The number of Topliss-reactive ketones (excluding diaryl/α,β-unsaturated/α-hetero) is 1. The molecule has 2 unspecified atom stereocenters. The lowest BCUT2D eigenvalue weighted by Crippen LogP contribution is -2.51. The maximum atomic E-state index is 13.7. The average molecular weight is 286 g/mol. The lowest BCUT2D eigenvalue weighted by atomic mass is 9.76. The first kappa shape index (κ1) is 14.2. The molecule has 2 bridgehead atoms. The zero-order valence-corrected chi connectivity index (χ0v) is 12.2. The van der Waals surface area contributed by atoms with E-state index in [9.17, 15) is 9.18 Å². The fourth-order valence-corrected chi connectivity index (χ4v) is 3.82. The third-order valence-electron chi connectivity index (χ3n) is 5.08. The third-order valence-corrected chi connectivity index (χ3v) is 5.08. The molecule has 2 atom stereocenters. The summed E-state index contributed by atoms with van der Waals surface area (Å²) in [5.74, 6) is -0.580. The van der Waals surface area contributed by atoms with E-state index in [1.807, 2.05) is 0 Å². The van der Waals surface area contributed by atoms with Gasteiger partial charge in [-0.3, -0.25) is 4.79 Å². The van der Waals surface area contributed by atoms with Crippen LogP contribution in [0.4, 0.5) is 4.39 Å². The minimum Gasteiger partial charge on any atom is -0.300 e. The Morgan fingerprint density at radius 1 is 1.33 bits per heavy atom. The van der Waals surface area contributed by atoms with Gasteiger partial charge in [0.25, 0.3) is 0 Å². The predicted octanol–water partition coefficient (Wildman–Crippen LogP) is 3.14. The summed E-state index contributed by atoms with van der Waals surface area (Å²) >= 11 is 0. The normalized spacial score (nSPS) is 28.9. The van der Waals surface area contributed by atoms with Gasteiger partial charge in [-0.1, -0.05) is 6.42 Å². The number of rotatable bonds is 2. The minimum atomic E-state index is -0.600. The third kappa shape index (κ3) is 2.58. The number of hydrogen-bond acceptors (Lipinski definition) is 3. The molecule has 3 nitrogen and oxygen atoms in total. The van der Waals surface area contributed by atoms with Crippen LogP contribution in [-0.2, 0) is 0 Å². The van der Waals surface area contributed by atoms with Crippen molar-refractivity contribution in [3.63, 3.8) is 0 Å². The second-order valence-corrected chi connectivity index (χ2v) is 6.24. The van der Waals surface area contributed by atoms with E-state index in [0.29, 0.717) is 17.6 Å². The molecule has 110 valence electrons.